The van der Waals surface area contributed by atoms with Crippen molar-refractivity contribution < 1.29 is 13.5 Å². The number of aromatic nitrogens is 10. The summed E-state index contributed by atoms with van der Waals surface area (Å²) < 4.78 is 36.8. The van der Waals surface area contributed by atoms with E-state index in [4.69, 9.17) is 25.0 Å². The van der Waals surface area contributed by atoms with Crippen LogP contribution in [0.2, 0.25) is 0 Å². The molecule has 0 amide bonds. The molecule has 5 aliphatic rings. The largest absolute Gasteiger partial charge is 0.498 e. The standard InChI is InChI=1S/C21H29N7.C20H30BrN5OS.C11H19BN2O2.H4N4/c1-14-18(16-13-24-26(3)15(16)2)19-23-9-12-28(19)20(25-14)27-10-7-21(8-11-27)6-4-5-17(21)22;1-14-16(21)17-22-10-13-26(17)18(23-14)25-11-8-20(9-12-25)7-5-6-15(20)24-28(27)19(2,3)4;1-8-9(7-13-14(8)6)12-15-10(2,3)11(4,5)16-12;1-3-4-2/h9,12-13,17H,4-8,10-11,22H2,1-3H3;10,13,15,24H,5-9,11-12H2,1-4H3;7H,1-6H3;(H2,1,4)(H2,2,3)/t17-;15-,28-;;/m11../s1. The number of halogens is 1. The van der Waals surface area contributed by atoms with Gasteiger partial charge in [0.1, 0.15) is 5.65 Å². The number of hydrogen-bond acceptors (Lipinski definition) is 14. The Morgan fingerprint density at radius 3 is 1.74 bits per heavy atom. The Morgan fingerprint density at radius 1 is 0.737 bits per heavy atom. The number of piperidine rings is 2. The maximum absolute atomic E-state index is 12.7. The zero-order chi connectivity index (χ0) is 55.1. The van der Waals surface area contributed by atoms with Crippen molar-refractivity contribution in [3.63, 3.8) is 0 Å². The average molecular weight is 1130 g/mol. The molecule has 11 rings (SSSR count). The van der Waals surface area contributed by atoms with Crippen LogP contribution in [0.4, 0.5) is 11.9 Å². The number of nitrogens with one attached hydrogen (secondary N) is 1. The first kappa shape index (κ1) is 57.2. The summed E-state index contributed by atoms with van der Waals surface area (Å²) in [6.07, 6.45) is 23.3. The minimum Gasteiger partial charge on any atom is -0.399 e. The molecule has 3 aliphatic heterocycles. The first-order valence-electron chi connectivity index (χ1n) is 26.8. The molecule has 6 aromatic heterocycles. The molecule has 0 radical (unpaired) electrons. The normalized spacial score (nSPS) is 22.0. The minimum atomic E-state index is -1.01. The number of hydrogen-bond donors (Lipinski definition) is 4. The maximum atomic E-state index is 12.7. The molecule has 21 nitrogen and oxygen atoms in total. The van der Waals surface area contributed by atoms with Crippen molar-refractivity contribution in [3.8, 4) is 11.1 Å². The Balaban J connectivity index is 0.000000151. The van der Waals surface area contributed by atoms with E-state index in [0.717, 1.165) is 125 Å². The summed E-state index contributed by atoms with van der Waals surface area (Å²) in [5.74, 6) is 10.7. The molecule has 24 heteroatoms. The molecule has 3 atom stereocenters. The van der Waals surface area contributed by atoms with Gasteiger partial charge in [-0.05, 0) is 154 Å². The van der Waals surface area contributed by atoms with E-state index >= 15 is 0 Å². The predicted molar refractivity (Wildman–Crippen MR) is 305 cm³/mol. The van der Waals surface area contributed by atoms with Crippen molar-refractivity contribution >= 4 is 62.7 Å². The van der Waals surface area contributed by atoms with Gasteiger partial charge in [-0.25, -0.2) is 28.9 Å². The second-order valence-electron chi connectivity index (χ2n) is 23.5. The highest BCUT2D eigenvalue weighted by molar-refractivity contribution is 9.10. The molecule has 9 heterocycles. The molecular formula is C52H82BBrN18O3S. The van der Waals surface area contributed by atoms with Crippen molar-refractivity contribution in [2.45, 2.75) is 168 Å². The van der Waals surface area contributed by atoms with E-state index in [-0.39, 0.29) is 28.5 Å². The fourth-order valence-electron chi connectivity index (χ4n) is 11.7. The molecule has 7 N–H and O–H groups in total. The zero-order valence-corrected chi connectivity index (χ0v) is 49.5. The topological polar surface area (TPSA) is 253 Å². The lowest BCUT2D eigenvalue weighted by Gasteiger charge is -2.44. The predicted octanol–water partition coefficient (Wildman–Crippen LogP) is 7.05. The maximum Gasteiger partial charge on any atom is 0.498 e. The van der Waals surface area contributed by atoms with Gasteiger partial charge >= 0.3 is 7.12 Å². The molecule has 0 bridgehead atoms. The Hall–Kier alpha value is -5.01. The summed E-state index contributed by atoms with van der Waals surface area (Å²) >= 11 is 3.61. The summed E-state index contributed by atoms with van der Waals surface area (Å²) in [5.41, 5.74) is 15.7. The zero-order valence-electron chi connectivity index (χ0n) is 47.1. The fraction of sp³-hybridized carbons (Fsp3) is 0.654. The van der Waals surface area contributed by atoms with E-state index in [2.05, 4.69) is 123 Å². The lowest BCUT2D eigenvalue weighted by Crippen LogP contribution is -2.51. The molecule has 2 saturated carbocycles. The van der Waals surface area contributed by atoms with Crippen LogP contribution < -0.4 is 37.4 Å². The van der Waals surface area contributed by atoms with Crippen LogP contribution in [0.1, 0.15) is 135 Å². The van der Waals surface area contributed by atoms with Gasteiger partial charge in [0, 0.05) is 111 Å². The quantitative estimate of drug-likeness (QED) is 0.0565. The van der Waals surface area contributed by atoms with E-state index in [1.165, 1.54) is 32.1 Å². The van der Waals surface area contributed by atoms with Gasteiger partial charge < -0.3 is 36.5 Å². The van der Waals surface area contributed by atoms with Gasteiger partial charge in [0.2, 0.25) is 11.9 Å². The third kappa shape index (κ3) is 11.2. The Kier molecular flexibility index (Phi) is 16.8. The number of rotatable bonds is 6. The summed E-state index contributed by atoms with van der Waals surface area (Å²) in [6, 6.07) is 0.719. The van der Waals surface area contributed by atoms with Gasteiger partial charge in [-0.1, -0.05) is 23.3 Å². The van der Waals surface area contributed by atoms with Gasteiger partial charge in [0.05, 0.1) is 49.0 Å². The van der Waals surface area contributed by atoms with Crippen LogP contribution in [0.3, 0.4) is 0 Å². The van der Waals surface area contributed by atoms with Crippen LogP contribution >= 0.6 is 15.9 Å². The molecule has 0 aromatic carbocycles. The van der Waals surface area contributed by atoms with Crippen LogP contribution in [0.15, 0.2) is 52.1 Å². The van der Waals surface area contributed by atoms with E-state index in [1.54, 1.807) is 0 Å². The molecule has 2 aliphatic carbocycles. The number of anilines is 2. The van der Waals surface area contributed by atoms with Gasteiger partial charge in [0.15, 0.2) is 5.65 Å². The van der Waals surface area contributed by atoms with Crippen molar-refractivity contribution in [2.24, 2.45) is 52.8 Å². The monoisotopic (exact) mass is 1130 g/mol. The molecular weight excluding hydrogens is 1050 g/mol. The van der Waals surface area contributed by atoms with E-state index in [0.29, 0.717) is 17.5 Å². The number of imidazole rings is 2. The molecule has 2 spiro atoms. The molecule has 5 fully saturated rings. The SMILES string of the molecule is Cc1c(B2OC(C)(C)C(C)(C)O2)cnn1C.Cc1nc(N2CCC3(CCC[C@H]3N)CC2)n2ccnc2c1-c1cnn(C)c1C.Cc1nc(N2CCC3(CCC[C@H]3N[S@](=O)C(C)(C)C)CC2)n2ccnc2c1Br.N/N=N/N. The van der Waals surface area contributed by atoms with Crippen LogP contribution in [0, 0.1) is 38.5 Å². The van der Waals surface area contributed by atoms with Gasteiger partial charge in [-0.15, -0.1) is 0 Å². The van der Waals surface area contributed by atoms with Gasteiger partial charge in [0.25, 0.3) is 0 Å². The van der Waals surface area contributed by atoms with Crippen molar-refractivity contribution in [1.29, 1.82) is 0 Å². The Bertz CT molecular complexity index is 3010. The van der Waals surface area contributed by atoms with Crippen molar-refractivity contribution in [2.75, 3.05) is 36.0 Å². The smallest absolute Gasteiger partial charge is 0.399 e. The molecule has 0 unspecified atom stereocenters. The highest BCUT2D eigenvalue weighted by Crippen LogP contribution is 2.48. The number of aryl methyl sites for hydroxylation is 4. The van der Waals surface area contributed by atoms with Gasteiger partial charge in [-0.2, -0.15) is 10.2 Å². The first-order valence-corrected chi connectivity index (χ1v) is 28.7. The Labute approximate surface area is 459 Å². The van der Waals surface area contributed by atoms with Gasteiger partial charge in [-0.3, -0.25) is 18.2 Å². The summed E-state index contributed by atoms with van der Waals surface area (Å²) in [5, 5.41) is 13.9. The summed E-state index contributed by atoms with van der Waals surface area (Å²) in [4.78, 5) is 23.8. The highest BCUT2D eigenvalue weighted by atomic mass is 79.9. The van der Waals surface area contributed by atoms with E-state index in [9.17, 15) is 4.21 Å². The van der Waals surface area contributed by atoms with Crippen LogP contribution in [-0.4, -0.2) is 114 Å². The van der Waals surface area contributed by atoms with E-state index < -0.39 is 11.0 Å². The summed E-state index contributed by atoms with van der Waals surface area (Å²) in [7, 11) is 2.57. The van der Waals surface area contributed by atoms with Crippen LogP contribution in [0.25, 0.3) is 22.4 Å². The second-order valence-corrected chi connectivity index (χ2v) is 26.3. The third-order valence-electron chi connectivity index (χ3n) is 17.5. The fourth-order valence-corrected chi connectivity index (χ4v) is 13.0. The molecule has 6 aromatic rings. The lowest BCUT2D eigenvalue weighted by atomic mass is 9.74. The minimum absolute atomic E-state index is 0.226. The third-order valence-corrected chi connectivity index (χ3v) is 20.0. The number of nitrogens with zero attached hydrogens (tertiary/aromatic N) is 14. The molecule has 3 saturated heterocycles. The Morgan fingerprint density at radius 2 is 1.24 bits per heavy atom. The number of nitrogens with two attached hydrogens (primary N) is 3. The van der Waals surface area contributed by atoms with Crippen molar-refractivity contribution in [1.82, 2.24) is 53.0 Å². The molecule has 414 valence electrons. The highest BCUT2D eigenvalue weighted by Gasteiger charge is 2.53. The number of fused-ring (bicyclic) bond motifs is 2. The molecule has 76 heavy (non-hydrogen) atoms. The van der Waals surface area contributed by atoms with Crippen molar-refractivity contribution in [3.05, 3.63) is 64.4 Å². The lowest BCUT2D eigenvalue weighted by molar-refractivity contribution is 0.00578. The van der Waals surface area contributed by atoms with Crippen LogP contribution in [-0.2, 0) is 34.4 Å². The van der Waals surface area contributed by atoms with Crippen LogP contribution in [0.5, 0.6) is 0 Å². The second kappa shape index (κ2) is 22.4. The van der Waals surface area contributed by atoms with E-state index in [1.807, 2.05) is 95.3 Å². The summed E-state index contributed by atoms with van der Waals surface area (Å²) in [6.45, 7) is 26.5. The average Bonchev–Trinajstić information content (AvgIpc) is 4.30. The first-order chi connectivity index (χ1) is 35.9.